The summed E-state index contributed by atoms with van der Waals surface area (Å²) >= 11 is 6.03. The SMILES string of the molecule is COc1ncc(Cl)cc1Nc1ncc2[nH]c(=O)n(C3CCC(CC#N)CC3)c2n1. The molecular formula is C19H20ClN7O2. The standard InChI is InChI=1S/C19H20ClN7O2/c1-29-17-14(8-12(20)9-22-17)24-18-23-10-15-16(26-18)27(19(28)25-15)13-4-2-11(3-5-13)6-7-21/h8-11,13H,2-6H2,1H3,(H,25,28)(H,23,24,26). The maximum absolute atomic E-state index is 12.6. The van der Waals surface area contributed by atoms with E-state index < -0.39 is 0 Å². The number of nitrogens with zero attached hydrogens (tertiary/aromatic N) is 5. The highest BCUT2D eigenvalue weighted by molar-refractivity contribution is 6.30. The molecule has 3 aromatic heterocycles. The Morgan fingerprint density at radius 2 is 2.14 bits per heavy atom. The number of nitriles is 1. The summed E-state index contributed by atoms with van der Waals surface area (Å²) in [7, 11) is 1.51. The minimum absolute atomic E-state index is 0.0521. The number of rotatable bonds is 5. The third-order valence-corrected chi connectivity index (χ3v) is 5.48. The molecule has 0 saturated heterocycles. The fourth-order valence-electron chi connectivity index (χ4n) is 3.85. The molecule has 0 unspecified atom stereocenters. The van der Waals surface area contributed by atoms with Gasteiger partial charge in [0, 0.05) is 18.7 Å². The molecule has 3 heterocycles. The molecule has 10 heteroatoms. The fourth-order valence-corrected chi connectivity index (χ4v) is 4.01. The number of imidazole rings is 1. The molecule has 0 aliphatic heterocycles. The molecule has 0 bridgehead atoms. The van der Waals surface area contributed by atoms with Crippen molar-refractivity contribution in [1.29, 1.82) is 5.26 Å². The van der Waals surface area contributed by atoms with Crippen LogP contribution in [0.3, 0.4) is 0 Å². The van der Waals surface area contributed by atoms with Crippen molar-refractivity contribution in [1.82, 2.24) is 24.5 Å². The summed E-state index contributed by atoms with van der Waals surface area (Å²) in [6.45, 7) is 0. The van der Waals surface area contributed by atoms with Gasteiger partial charge in [-0.25, -0.2) is 14.8 Å². The largest absolute Gasteiger partial charge is 0.480 e. The van der Waals surface area contributed by atoms with Gasteiger partial charge in [-0.15, -0.1) is 0 Å². The number of aromatic nitrogens is 5. The normalized spacial score (nSPS) is 19.1. The van der Waals surface area contributed by atoms with Gasteiger partial charge in [0.05, 0.1) is 24.4 Å². The van der Waals surface area contributed by atoms with Crippen LogP contribution in [0.2, 0.25) is 5.02 Å². The molecule has 3 aromatic rings. The molecule has 9 nitrogen and oxygen atoms in total. The zero-order chi connectivity index (χ0) is 20.4. The molecule has 1 fully saturated rings. The lowest BCUT2D eigenvalue weighted by atomic mass is 9.84. The molecule has 0 atom stereocenters. The van der Waals surface area contributed by atoms with E-state index in [4.69, 9.17) is 21.6 Å². The van der Waals surface area contributed by atoms with Gasteiger partial charge in [-0.05, 0) is 37.7 Å². The van der Waals surface area contributed by atoms with E-state index in [1.165, 1.54) is 13.3 Å². The van der Waals surface area contributed by atoms with E-state index in [9.17, 15) is 4.79 Å². The Labute approximate surface area is 171 Å². The van der Waals surface area contributed by atoms with Crippen LogP contribution >= 0.6 is 11.6 Å². The fraction of sp³-hybridized carbons (Fsp3) is 0.421. The maximum Gasteiger partial charge on any atom is 0.327 e. The van der Waals surface area contributed by atoms with Crippen LogP contribution in [0.4, 0.5) is 11.6 Å². The summed E-state index contributed by atoms with van der Waals surface area (Å²) in [5.41, 5.74) is 1.46. The van der Waals surface area contributed by atoms with E-state index in [1.54, 1.807) is 16.8 Å². The summed E-state index contributed by atoms with van der Waals surface area (Å²) in [4.78, 5) is 28.4. The number of ether oxygens (including phenoxy) is 1. The minimum Gasteiger partial charge on any atom is -0.480 e. The first kappa shape index (κ1) is 19.2. The van der Waals surface area contributed by atoms with E-state index in [1.807, 2.05) is 0 Å². The Bertz CT molecular complexity index is 1130. The van der Waals surface area contributed by atoms with Crippen molar-refractivity contribution in [2.24, 2.45) is 5.92 Å². The van der Waals surface area contributed by atoms with Crippen molar-refractivity contribution in [2.75, 3.05) is 12.4 Å². The monoisotopic (exact) mass is 413 g/mol. The number of pyridine rings is 1. The number of nitrogens with one attached hydrogen (secondary N) is 2. The summed E-state index contributed by atoms with van der Waals surface area (Å²) in [5, 5.41) is 12.4. The van der Waals surface area contributed by atoms with Gasteiger partial charge in [0.2, 0.25) is 11.8 Å². The molecule has 0 amide bonds. The minimum atomic E-state index is -0.197. The van der Waals surface area contributed by atoms with Crippen LogP contribution < -0.4 is 15.7 Å². The number of aromatic amines is 1. The van der Waals surface area contributed by atoms with Gasteiger partial charge < -0.3 is 15.0 Å². The number of methoxy groups -OCH3 is 1. The Morgan fingerprint density at radius 3 is 2.86 bits per heavy atom. The van der Waals surface area contributed by atoms with Gasteiger partial charge in [-0.3, -0.25) is 4.57 Å². The van der Waals surface area contributed by atoms with Crippen molar-refractivity contribution < 1.29 is 4.74 Å². The third-order valence-electron chi connectivity index (χ3n) is 5.28. The van der Waals surface area contributed by atoms with Gasteiger partial charge in [-0.1, -0.05) is 11.6 Å². The summed E-state index contributed by atoms with van der Waals surface area (Å²) in [5.74, 6) is 1.08. The van der Waals surface area contributed by atoms with Gasteiger partial charge in [-0.2, -0.15) is 10.2 Å². The maximum atomic E-state index is 12.6. The Kier molecular flexibility index (Phi) is 5.36. The van der Waals surface area contributed by atoms with E-state index in [2.05, 4.69) is 31.3 Å². The van der Waals surface area contributed by atoms with E-state index in [0.29, 0.717) is 46.0 Å². The van der Waals surface area contributed by atoms with Crippen LogP contribution in [0.5, 0.6) is 5.88 Å². The second kappa shape index (κ2) is 8.09. The molecule has 0 radical (unpaired) electrons. The number of halogens is 1. The molecule has 1 saturated carbocycles. The quantitative estimate of drug-likeness (QED) is 0.655. The second-order valence-corrected chi connectivity index (χ2v) is 7.54. The van der Waals surface area contributed by atoms with Gasteiger partial charge >= 0.3 is 5.69 Å². The number of hydrogen-bond acceptors (Lipinski definition) is 7. The molecule has 1 aliphatic rings. The lowest BCUT2D eigenvalue weighted by molar-refractivity contribution is 0.277. The molecule has 150 valence electrons. The highest BCUT2D eigenvalue weighted by atomic mass is 35.5. The van der Waals surface area contributed by atoms with Crippen LogP contribution in [-0.2, 0) is 0 Å². The molecule has 2 N–H and O–H groups in total. The second-order valence-electron chi connectivity index (χ2n) is 7.10. The summed E-state index contributed by atoms with van der Waals surface area (Å²) < 4.78 is 6.95. The summed E-state index contributed by atoms with van der Waals surface area (Å²) in [6.07, 6.45) is 7.19. The Balaban J connectivity index is 1.65. The number of hydrogen-bond donors (Lipinski definition) is 2. The first-order chi connectivity index (χ1) is 14.1. The number of anilines is 2. The zero-order valence-electron chi connectivity index (χ0n) is 15.9. The van der Waals surface area contributed by atoms with Crippen LogP contribution in [0.1, 0.15) is 38.1 Å². The van der Waals surface area contributed by atoms with Crippen molar-refractivity contribution >= 4 is 34.4 Å². The van der Waals surface area contributed by atoms with E-state index in [0.717, 1.165) is 25.7 Å². The molecule has 0 spiro atoms. The van der Waals surface area contributed by atoms with E-state index in [-0.39, 0.29) is 11.7 Å². The van der Waals surface area contributed by atoms with Crippen LogP contribution in [0.15, 0.2) is 23.3 Å². The van der Waals surface area contributed by atoms with Crippen molar-refractivity contribution in [3.8, 4) is 11.9 Å². The van der Waals surface area contributed by atoms with Crippen LogP contribution in [0, 0.1) is 17.2 Å². The average Bonchev–Trinajstić information content (AvgIpc) is 3.04. The van der Waals surface area contributed by atoms with E-state index >= 15 is 0 Å². The van der Waals surface area contributed by atoms with Crippen molar-refractivity contribution in [3.63, 3.8) is 0 Å². The van der Waals surface area contributed by atoms with Crippen molar-refractivity contribution in [2.45, 2.75) is 38.1 Å². The highest BCUT2D eigenvalue weighted by Crippen LogP contribution is 2.34. The Morgan fingerprint density at radius 1 is 1.34 bits per heavy atom. The molecule has 29 heavy (non-hydrogen) atoms. The lowest BCUT2D eigenvalue weighted by Gasteiger charge is -2.27. The van der Waals surface area contributed by atoms with Gasteiger partial charge in [0.15, 0.2) is 5.65 Å². The topological polar surface area (TPSA) is 122 Å². The highest BCUT2D eigenvalue weighted by Gasteiger charge is 2.25. The summed E-state index contributed by atoms with van der Waals surface area (Å²) in [6, 6.07) is 3.96. The predicted octanol–water partition coefficient (Wildman–Crippen LogP) is 3.57. The third kappa shape index (κ3) is 3.89. The molecule has 0 aromatic carbocycles. The Hall–Kier alpha value is -3.12. The van der Waals surface area contributed by atoms with Crippen molar-refractivity contribution in [3.05, 3.63) is 34.0 Å². The molecule has 1 aliphatic carbocycles. The predicted molar refractivity (Wildman–Crippen MR) is 108 cm³/mol. The van der Waals surface area contributed by atoms with Crippen LogP contribution in [-0.4, -0.2) is 31.6 Å². The lowest BCUT2D eigenvalue weighted by Crippen LogP contribution is -2.26. The smallest absolute Gasteiger partial charge is 0.327 e. The first-order valence-electron chi connectivity index (χ1n) is 9.39. The number of H-pyrrole nitrogens is 1. The average molecular weight is 414 g/mol. The number of fused-ring (bicyclic) bond motifs is 1. The zero-order valence-corrected chi connectivity index (χ0v) is 16.6. The molecular weight excluding hydrogens is 394 g/mol. The first-order valence-corrected chi connectivity index (χ1v) is 9.77. The van der Waals surface area contributed by atoms with Crippen LogP contribution in [0.25, 0.3) is 11.2 Å². The van der Waals surface area contributed by atoms with Gasteiger partial charge in [0.25, 0.3) is 0 Å². The van der Waals surface area contributed by atoms with Gasteiger partial charge in [0.1, 0.15) is 11.2 Å². The molecule has 4 rings (SSSR count).